The highest BCUT2D eigenvalue weighted by Crippen LogP contribution is 2.35. The fourth-order valence-corrected chi connectivity index (χ4v) is 3.81. The molecule has 38 heavy (non-hydrogen) atoms. The Morgan fingerprint density at radius 1 is 1.13 bits per heavy atom. The predicted octanol–water partition coefficient (Wildman–Crippen LogP) is 4.71. The van der Waals surface area contributed by atoms with E-state index in [1.807, 2.05) is 0 Å². The number of carbonyl (C=O) groups is 1. The van der Waals surface area contributed by atoms with Crippen molar-refractivity contribution in [3.05, 3.63) is 71.4 Å². The standard InChI is InChI=1S/C24H19F5N8O/c25-7-8-32-11-19-16(10-30)20(21-22(31)33-12-34-37(19)21)13-1-4-15(5-2-13)35-23(38)36-18-9-14(24(27,28)29)3-6-17(18)26/h1-6,9,12,32H,7-8,11H2,(H2,31,33,34)(H2,35,36,38). The molecule has 196 valence electrons. The van der Waals surface area contributed by atoms with E-state index in [0.717, 1.165) is 0 Å². The number of anilines is 3. The van der Waals surface area contributed by atoms with Crippen LogP contribution in [0.25, 0.3) is 16.6 Å². The maximum Gasteiger partial charge on any atom is 0.416 e. The molecule has 0 aliphatic rings. The van der Waals surface area contributed by atoms with Crippen LogP contribution >= 0.6 is 0 Å². The first kappa shape index (κ1) is 26.3. The average Bonchev–Trinajstić information content (AvgIpc) is 3.20. The van der Waals surface area contributed by atoms with Crippen LogP contribution < -0.4 is 21.7 Å². The molecule has 5 N–H and O–H groups in total. The number of nitrogen functional groups attached to an aromatic ring is 1. The molecule has 0 fully saturated rings. The SMILES string of the molecule is N#Cc1c(-c2ccc(NC(=O)Nc3cc(C(F)(F)F)ccc3F)cc2)c2c(N)ncnn2c1CNCCF. The Balaban J connectivity index is 1.60. The van der Waals surface area contributed by atoms with Crippen LogP contribution in [0.1, 0.15) is 16.8 Å². The van der Waals surface area contributed by atoms with Gasteiger partial charge >= 0.3 is 12.2 Å². The maximum atomic E-state index is 13.9. The molecule has 0 aliphatic heterocycles. The van der Waals surface area contributed by atoms with Crippen LogP contribution in [-0.4, -0.2) is 33.8 Å². The summed E-state index contributed by atoms with van der Waals surface area (Å²) in [5, 5.41) is 21.4. The number of alkyl halides is 4. The second-order valence-electron chi connectivity index (χ2n) is 7.93. The van der Waals surface area contributed by atoms with Gasteiger partial charge in [-0.2, -0.15) is 23.5 Å². The third kappa shape index (κ3) is 5.32. The van der Waals surface area contributed by atoms with Crippen molar-refractivity contribution in [3.63, 3.8) is 0 Å². The summed E-state index contributed by atoms with van der Waals surface area (Å²) >= 11 is 0. The first-order valence-corrected chi connectivity index (χ1v) is 11.0. The number of halogens is 5. The lowest BCUT2D eigenvalue weighted by Gasteiger charge is -2.12. The van der Waals surface area contributed by atoms with Gasteiger partial charge in [-0.25, -0.2) is 23.1 Å². The zero-order valence-corrected chi connectivity index (χ0v) is 19.4. The van der Waals surface area contributed by atoms with Crippen molar-refractivity contribution in [2.24, 2.45) is 0 Å². The van der Waals surface area contributed by atoms with Gasteiger partial charge in [0.1, 0.15) is 30.4 Å². The topological polar surface area (TPSA) is 133 Å². The van der Waals surface area contributed by atoms with Gasteiger partial charge in [0.05, 0.1) is 22.5 Å². The first-order valence-electron chi connectivity index (χ1n) is 11.0. The van der Waals surface area contributed by atoms with Crippen molar-refractivity contribution in [3.8, 4) is 17.2 Å². The van der Waals surface area contributed by atoms with E-state index in [4.69, 9.17) is 5.73 Å². The van der Waals surface area contributed by atoms with Crippen molar-refractivity contribution >= 4 is 28.7 Å². The molecule has 0 saturated carbocycles. The van der Waals surface area contributed by atoms with Gasteiger partial charge < -0.3 is 21.7 Å². The van der Waals surface area contributed by atoms with Crippen LogP contribution in [-0.2, 0) is 12.7 Å². The van der Waals surface area contributed by atoms with Gasteiger partial charge in [-0.05, 0) is 35.9 Å². The van der Waals surface area contributed by atoms with Crippen molar-refractivity contribution in [2.45, 2.75) is 12.7 Å². The minimum atomic E-state index is -4.71. The number of benzene rings is 2. The number of fused-ring (bicyclic) bond motifs is 1. The Hall–Kier alpha value is -4.77. The van der Waals surface area contributed by atoms with E-state index in [0.29, 0.717) is 40.5 Å². The second kappa shape index (κ2) is 10.7. The van der Waals surface area contributed by atoms with E-state index in [1.165, 1.54) is 23.0 Å². The summed E-state index contributed by atoms with van der Waals surface area (Å²) in [6, 6.07) is 8.92. The third-order valence-corrected chi connectivity index (χ3v) is 5.50. The molecule has 2 heterocycles. The number of rotatable bonds is 7. The van der Waals surface area contributed by atoms with E-state index in [9.17, 15) is 32.0 Å². The van der Waals surface area contributed by atoms with Gasteiger partial charge in [0.15, 0.2) is 5.82 Å². The fourth-order valence-electron chi connectivity index (χ4n) is 3.81. The normalized spacial score (nSPS) is 11.4. The third-order valence-electron chi connectivity index (χ3n) is 5.50. The first-order chi connectivity index (χ1) is 18.1. The molecule has 4 aromatic rings. The molecule has 0 unspecified atom stereocenters. The summed E-state index contributed by atoms with van der Waals surface area (Å²) in [4.78, 5) is 16.3. The number of nitriles is 1. The van der Waals surface area contributed by atoms with Gasteiger partial charge in [0.25, 0.3) is 0 Å². The van der Waals surface area contributed by atoms with Gasteiger partial charge in [-0.1, -0.05) is 12.1 Å². The highest BCUT2D eigenvalue weighted by Gasteiger charge is 2.31. The quantitative estimate of drug-likeness (QED) is 0.202. The average molecular weight is 530 g/mol. The largest absolute Gasteiger partial charge is 0.416 e. The molecule has 14 heteroatoms. The van der Waals surface area contributed by atoms with Gasteiger partial charge in [-0.3, -0.25) is 0 Å². The molecule has 0 spiro atoms. The molecular formula is C24H19F5N8O. The van der Waals surface area contributed by atoms with Crippen LogP contribution in [0, 0.1) is 17.1 Å². The molecule has 0 atom stereocenters. The second-order valence-corrected chi connectivity index (χ2v) is 7.93. The summed E-state index contributed by atoms with van der Waals surface area (Å²) in [6.07, 6.45) is -3.48. The van der Waals surface area contributed by atoms with Crippen molar-refractivity contribution in [1.82, 2.24) is 19.9 Å². The summed E-state index contributed by atoms with van der Waals surface area (Å²) in [5.74, 6) is -0.933. The van der Waals surface area contributed by atoms with Crippen molar-refractivity contribution in [2.75, 3.05) is 29.6 Å². The lowest BCUT2D eigenvalue weighted by molar-refractivity contribution is -0.137. The van der Waals surface area contributed by atoms with Gasteiger partial charge in [0.2, 0.25) is 0 Å². The molecule has 2 amide bonds. The molecule has 2 aromatic heterocycles. The minimum Gasteiger partial charge on any atom is -0.382 e. The number of hydrogen-bond donors (Lipinski definition) is 4. The summed E-state index contributed by atoms with van der Waals surface area (Å²) in [6.45, 7) is -0.394. The Bertz CT molecular complexity index is 1530. The van der Waals surface area contributed by atoms with Crippen LogP contribution in [0.15, 0.2) is 48.8 Å². The smallest absolute Gasteiger partial charge is 0.382 e. The van der Waals surface area contributed by atoms with Crippen LogP contribution in [0.3, 0.4) is 0 Å². The van der Waals surface area contributed by atoms with E-state index < -0.39 is 36.0 Å². The van der Waals surface area contributed by atoms with E-state index >= 15 is 0 Å². The number of amides is 2. The van der Waals surface area contributed by atoms with Crippen LogP contribution in [0.4, 0.5) is 43.9 Å². The minimum absolute atomic E-state index is 0.0703. The number of nitrogens with zero attached hydrogens (tertiary/aromatic N) is 4. The molecule has 2 aromatic carbocycles. The number of hydrogen-bond acceptors (Lipinski definition) is 6. The Morgan fingerprint density at radius 2 is 1.87 bits per heavy atom. The molecule has 4 rings (SSSR count). The maximum absolute atomic E-state index is 13.9. The lowest BCUT2D eigenvalue weighted by atomic mass is 10.0. The molecule has 9 nitrogen and oxygen atoms in total. The molecule has 0 saturated heterocycles. The Morgan fingerprint density at radius 3 is 2.53 bits per heavy atom. The Kier molecular flexibility index (Phi) is 7.40. The van der Waals surface area contributed by atoms with Crippen molar-refractivity contribution in [1.29, 1.82) is 5.26 Å². The van der Waals surface area contributed by atoms with Gasteiger partial charge in [-0.15, -0.1) is 0 Å². The number of carbonyl (C=O) groups excluding carboxylic acids is 1. The Labute approximate surface area is 212 Å². The number of aromatic nitrogens is 3. The summed E-state index contributed by atoms with van der Waals surface area (Å²) in [5.41, 5.74) is 6.54. The molecule has 0 bridgehead atoms. The highest BCUT2D eigenvalue weighted by molar-refractivity contribution is 6.00. The van der Waals surface area contributed by atoms with Crippen LogP contribution in [0.5, 0.6) is 0 Å². The van der Waals surface area contributed by atoms with Crippen LogP contribution in [0.2, 0.25) is 0 Å². The highest BCUT2D eigenvalue weighted by atomic mass is 19.4. The summed E-state index contributed by atoms with van der Waals surface area (Å²) < 4.78 is 66.7. The monoisotopic (exact) mass is 530 g/mol. The predicted molar refractivity (Wildman–Crippen MR) is 129 cm³/mol. The van der Waals surface area contributed by atoms with E-state index in [2.05, 4.69) is 32.1 Å². The number of urea groups is 1. The molecule has 0 radical (unpaired) electrons. The van der Waals surface area contributed by atoms with E-state index in [1.54, 1.807) is 12.1 Å². The number of nitrogens with two attached hydrogens (primary N) is 1. The summed E-state index contributed by atoms with van der Waals surface area (Å²) in [7, 11) is 0. The molecule has 0 aliphatic carbocycles. The lowest BCUT2D eigenvalue weighted by Crippen LogP contribution is -2.20. The molecular weight excluding hydrogens is 511 g/mol. The zero-order chi connectivity index (χ0) is 27.4. The number of nitrogens with one attached hydrogen (secondary N) is 3. The fraction of sp³-hybridized carbons (Fsp3) is 0.167. The zero-order valence-electron chi connectivity index (χ0n) is 19.4. The van der Waals surface area contributed by atoms with Gasteiger partial charge in [0, 0.05) is 24.3 Å². The van der Waals surface area contributed by atoms with Crippen molar-refractivity contribution < 1.29 is 26.7 Å². The van der Waals surface area contributed by atoms with E-state index in [-0.39, 0.29) is 30.2 Å².